The molecular weight excluding hydrogens is 439 g/mol. The number of carbonyl (C=O) groups excluding carboxylic acids is 1. The summed E-state index contributed by atoms with van der Waals surface area (Å²) >= 11 is 2.16. The van der Waals surface area contributed by atoms with Gasteiger partial charge in [-0.3, -0.25) is 4.79 Å². The van der Waals surface area contributed by atoms with E-state index < -0.39 is 10.0 Å². The van der Waals surface area contributed by atoms with Gasteiger partial charge in [0.25, 0.3) is 0 Å². The standard InChI is InChI=1S/C17H23IN2O3S/c18-15-6-8-16(9-7-15)24(22,23)20-12-10-19(11-13-20)17(21)14-4-2-1-3-5-14/h6-9,14H,1-5,10-13H2. The lowest BCUT2D eigenvalue weighted by molar-refractivity contribution is -0.137. The number of amides is 1. The molecule has 1 amide bonds. The minimum absolute atomic E-state index is 0.151. The van der Waals surface area contributed by atoms with Crippen LogP contribution in [0.15, 0.2) is 29.2 Å². The molecule has 2 fully saturated rings. The van der Waals surface area contributed by atoms with Gasteiger partial charge in [-0.05, 0) is 59.7 Å². The van der Waals surface area contributed by atoms with Gasteiger partial charge in [-0.15, -0.1) is 0 Å². The quantitative estimate of drug-likeness (QED) is 0.650. The average molecular weight is 462 g/mol. The van der Waals surface area contributed by atoms with Crippen molar-refractivity contribution in [3.63, 3.8) is 0 Å². The maximum Gasteiger partial charge on any atom is 0.243 e. The highest BCUT2D eigenvalue weighted by Gasteiger charge is 2.32. The fourth-order valence-corrected chi connectivity index (χ4v) is 5.29. The third-order valence-electron chi connectivity index (χ3n) is 4.96. The lowest BCUT2D eigenvalue weighted by Crippen LogP contribution is -2.52. The Kier molecular flexibility index (Phi) is 5.82. The first kappa shape index (κ1) is 18.1. The lowest BCUT2D eigenvalue weighted by atomic mass is 9.88. The molecule has 0 N–H and O–H groups in total. The summed E-state index contributed by atoms with van der Waals surface area (Å²) in [5.41, 5.74) is 0. The Balaban J connectivity index is 1.62. The van der Waals surface area contributed by atoms with E-state index in [0.29, 0.717) is 31.1 Å². The molecule has 2 aliphatic rings. The van der Waals surface area contributed by atoms with E-state index in [1.54, 1.807) is 24.3 Å². The number of sulfonamides is 1. The van der Waals surface area contributed by atoms with Crippen LogP contribution in [0.5, 0.6) is 0 Å². The summed E-state index contributed by atoms with van der Waals surface area (Å²) in [6.07, 6.45) is 5.47. The first-order chi connectivity index (χ1) is 11.5. The first-order valence-corrected chi connectivity index (χ1v) is 11.0. The molecule has 0 unspecified atom stereocenters. The zero-order chi connectivity index (χ0) is 17.2. The molecule has 1 saturated carbocycles. The van der Waals surface area contributed by atoms with Crippen molar-refractivity contribution in [1.29, 1.82) is 0 Å². The van der Waals surface area contributed by atoms with Crippen LogP contribution in [0.1, 0.15) is 32.1 Å². The Morgan fingerprint density at radius 3 is 2.12 bits per heavy atom. The summed E-state index contributed by atoms with van der Waals surface area (Å²) in [6, 6.07) is 6.90. The van der Waals surface area contributed by atoms with E-state index >= 15 is 0 Å². The van der Waals surface area contributed by atoms with Gasteiger partial charge in [0.15, 0.2) is 0 Å². The molecule has 1 saturated heterocycles. The summed E-state index contributed by atoms with van der Waals surface area (Å²) in [7, 11) is -3.46. The highest BCUT2D eigenvalue weighted by Crippen LogP contribution is 2.26. The smallest absolute Gasteiger partial charge is 0.243 e. The molecule has 1 heterocycles. The van der Waals surface area contributed by atoms with Crippen LogP contribution in [0.25, 0.3) is 0 Å². The minimum Gasteiger partial charge on any atom is -0.340 e. The Bertz CT molecular complexity index is 676. The first-order valence-electron chi connectivity index (χ1n) is 8.53. The van der Waals surface area contributed by atoms with E-state index in [-0.39, 0.29) is 11.8 Å². The number of piperazine rings is 1. The Labute approximate surface area is 157 Å². The second-order valence-corrected chi connectivity index (χ2v) is 9.70. The summed E-state index contributed by atoms with van der Waals surface area (Å²) in [4.78, 5) is 14.8. The third kappa shape index (κ3) is 3.94. The normalized spacial score (nSPS) is 21.0. The van der Waals surface area contributed by atoms with Crippen molar-refractivity contribution in [2.75, 3.05) is 26.2 Å². The van der Waals surface area contributed by atoms with Gasteiger partial charge in [-0.1, -0.05) is 19.3 Å². The number of rotatable bonds is 3. The van der Waals surface area contributed by atoms with Crippen molar-refractivity contribution < 1.29 is 13.2 Å². The second-order valence-electron chi connectivity index (χ2n) is 6.52. The van der Waals surface area contributed by atoms with Crippen molar-refractivity contribution in [3.05, 3.63) is 27.8 Å². The number of carbonyl (C=O) groups is 1. The van der Waals surface area contributed by atoms with Crippen LogP contribution in [0, 0.1) is 9.49 Å². The summed E-state index contributed by atoms with van der Waals surface area (Å²) in [6.45, 7) is 1.76. The predicted molar refractivity (Wildman–Crippen MR) is 101 cm³/mol. The van der Waals surface area contributed by atoms with Gasteiger partial charge < -0.3 is 4.90 Å². The van der Waals surface area contributed by atoms with Gasteiger partial charge in [0.05, 0.1) is 4.90 Å². The number of hydrogen-bond acceptors (Lipinski definition) is 3. The Morgan fingerprint density at radius 2 is 1.54 bits per heavy atom. The molecule has 1 aliphatic carbocycles. The fraction of sp³-hybridized carbons (Fsp3) is 0.588. The zero-order valence-corrected chi connectivity index (χ0v) is 16.6. The van der Waals surface area contributed by atoms with E-state index in [2.05, 4.69) is 22.6 Å². The van der Waals surface area contributed by atoms with Crippen LogP contribution < -0.4 is 0 Å². The van der Waals surface area contributed by atoms with Crippen LogP contribution >= 0.6 is 22.6 Å². The van der Waals surface area contributed by atoms with Gasteiger partial charge in [0, 0.05) is 35.7 Å². The molecule has 7 heteroatoms. The fourth-order valence-electron chi connectivity index (χ4n) is 3.51. The molecule has 24 heavy (non-hydrogen) atoms. The predicted octanol–water partition coefficient (Wildman–Crippen LogP) is 2.70. The van der Waals surface area contributed by atoms with E-state index in [0.717, 1.165) is 29.3 Å². The van der Waals surface area contributed by atoms with Gasteiger partial charge >= 0.3 is 0 Å². The lowest BCUT2D eigenvalue weighted by Gasteiger charge is -2.36. The molecule has 132 valence electrons. The van der Waals surface area contributed by atoms with Crippen molar-refractivity contribution in [1.82, 2.24) is 9.21 Å². The van der Waals surface area contributed by atoms with E-state index in [4.69, 9.17) is 0 Å². The summed E-state index contributed by atoms with van der Waals surface area (Å²) in [5.74, 6) is 0.374. The molecule has 1 aromatic rings. The zero-order valence-electron chi connectivity index (χ0n) is 13.7. The maximum atomic E-state index is 12.7. The van der Waals surface area contributed by atoms with Gasteiger partial charge in [-0.25, -0.2) is 8.42 Å². The number of benzene rings is 1. The Morgan fingerprint density at radius 1 is 0.958 bits per heavy atom. The van der Waals surface area contributed by atoms with Gasteiger partial charge in [0.2, 0.25) is 15.9 Å². The Hall–Kier alpha value is -0.670. The number of hydrogen-bond donors (Lipinski definition) is 0. The maximum absolute atomic E-state index is 12.7. The monoisotopic (exact) mass is 462 g/mol. The molecule has 0 radical (unpaired) electrons. The van der Waals surface area contributed by atoms with Crippen molar-refractivity contribution in [3.8, 4) is 0 Å². The van der Waals surface area contributed by atoms with Crippen LogP contribution in [-0.2, 0) is 14.8 Å². The average Bonchev–Trinajstić information content (AvgIpc) is 2.62. The molecule has 5 nitrogen and oxygen atoms in total. The number of halogens is 1. The molecule has 0 bridgehead atoms. The topological polar surface area (TPSA) is 57.7 Å². The van der Waals surface area contributed by atoms with Crippen LogP contribution in [0.2, 0.25) is 0 Å². The van der Waals surface area contributed by atoms with Gasteiger partial charge in [-0.2, -0.15) is 4.31 Å². The SMILES string of the molecule is O=C(C1CCCCC1)N1CCN(S(=O)(=O)c2ccc(I)cc2)CC1. The minimum atomic E-state index is -3.46. The molecule has 0 atom stereocenters. The molecule has 0 aromatic heterocycles. The van der Waals surface area contributed by atoms with Crippen LogP contribution in [-0.4, -0.2) is 49.7 Å². The van der Waals surface area contributed by atoms with E-state index in [1.165, 1.54) is 10.7 Å². The molecule has 1 aliphatic heterocycles. The highest BCUT2D eigenvalue weighted by molar-refractivity contribution is 14.1. The van der Waals surface area contributed by atoms with Crippen LogP contribution in [0.3, 0.4) is 0 Å². The molecule has 1 aromatic carbocycles. The van der Waals surface area contributed by atoms with Crippen molar-refractivity contribution >= 4 is 38.5 Å². The summed E-state index contributed by atoms with van der Waals surface area (Å²) in [5, 5.41) is 0. The van der Waals surface area contributed by atoms with Gasteiger partial charge in [0.1, 0.15) is 0 Å². The number of nitrogens with zero attached hydrogens (tertiary/aromatic N) is 2. The third-order valence-corrected chi connectivity index (χ3v) is 7.59. The second kappa shape index (κ2) is 7.70. The summed E-state index contributed by atoms with van der Waals surface area (Å²) < 4.78 is 27.9. The largest absolute Gasteiger partial charge is 0.340 e. The van der Waals surface area contributed by atoms with E-state index in [9.17, 15) is 13.2 Å². The van der Waals surface area contributed by atoms with Crippen molar-refractivity contribution in [2.45, 2.75) is 37.0 Å². The molecule has 3 rings (SSSR count). The van der Waals surface area contributed by atoms with Crippen LogP contribution in [0.4, 0.5) is 0 Å². The molecular formula is C17H23IN2O3S. The van der Waals surface area contributed by atoms with E-state index in [1.807, 2.05) is 4.90 Å². The highest BCUT2D eigenvalue weighted by atomic mass is 127. The molecule has 0 spiro atoms. The van der Waals surface area contributed by atoms with Crippen molar-refractivity contribution in [2.24, 2.45) is 5.92 Å².